The van der Waals surface area contributed by atoms with Gasteiger partial charge in [0.05, 0.1) is 0 Å². The predicted octanol–water partition coefficient (Wildman–Crippen LogP) is 3.84. The molecule has 1 unspecified atom stereocenters. The number of hydrogen-bond acceptors (Lipinski definition) is 3. The number of anilines is 1. The van der Waals surface area contributed by atoms with Gasteiger partial charge in [0.2, 0.25) is 5.91 Å². The van der Waals surface area contributed by atoms with E-state index in [1.165, 1.54) is 12.5 Å². The van der Waals surface area contributed by atoms with Crippen molar-refractivity contribution in [1.82, 2.24) is 15.5 Å². The van der Waals surface area contributed by atoms with E-state index in [4.69, 9.17) is 0 Å². The number of hydrogen-bond donors (Lipinski definition) is 3. The van der Waals surface area contributed by atoms with E-state index in [9.17, 15) is 4.79 Å². The molecule has 0 aliphatic heterocycles. The molecule has 0 aliphatic carbocycles. The molecule has 0 fully saturated rings. The third-order valence-corrected chi connectivity index (χ3v) is 4.81. The maximum atomic E-state index is 11.2. The van der Waals surface area contributed by atoms with Crippen LogP contribution in [0, 0.1) is 0 Å². The maximum absolute atomic E-state index is 11.2. The zero-order valence-corrected chi connectivity index (χ0v) is 20.6. The van der Waals surface area contributed by atoms with Gasteiger partial charge in [0.25, 0.3) is 0 Å². The minimum absolute atomic E-state index is 0. The molecule has 6 nitrogen and oxygen atoms in total. The topological polar surface area (TPSA) is 68.8 Å². The van der Waals surface area contributed by atoms with Crippen molar-refractivity contribution in [3.8, 4) is 0 Å². The summed E-state index contributed by atoms with van der Waals surface area (Å²) in [6, 6.07) is 18.8. The largest absolute Gasteiger partial charge is 0.356 e. The van der Waals surface area contributed by atoms with Gasteiger partial charge in [0, 0.05) is 45.3 Å². The van der Waals surface area contributed by atoms with Gasteiger partial charge in [-0.1, -0.05) is 42.5 Å². The molecule has 7 heteroatoms. The fourth-order valence-corrected chi connectivity index (χ4v) is 3.02. The second-order valence-corrected chi connectivity index (χ2v) is 7.27. The molecule has 2 aromatic carbocycles. The highest BCUT2D eigenvalue weighted by molar-refractivity contribution is 14.0. The Morgan fingerprint density at radius 2 is 1.77 bits per heavy atom. The summed E-state index contributed by atoms with van der Waals surface area (Å²) in [5, 5.41) is 9.50. The highest BCUT2D eigenvalue weighted by Gasteiger charge is 2.10. The minimum Gasteiger partial charge on any atom is -0.356 e. The number of carbonyl (C=O) groups is 1. The number of nitrogens with one attached hydrogen (secondary N) is 3. The monoisotopic (exact) mass is 523 g/mol. The van der Waals surface area contributed by atoms with Gasteiger partial charge in [0.15, 0.2) is 5.96 Å². The fraction of sp³-hybridized carbons (Fsp3) is 0.391. The summed E-state index contributed by atoms with van der Waals surface area (Å²) in [4.78, 5) is 17.9. The van der Waals surface area contributed by atoms with E-state index in [1.54, 1.807) is 7.05 Å². The Balaban J connectivity index is 0.00000450. The average molecular weight is 523 g/mol. The van der Waals surface area contributed by atoms with Gasteiger partial charge in [0.1, 0.15) is 0 Å². The van der Waals surface area contributed by atoms with E-state index in [0.29, 0.717) is 12.6 Å². The molecule has 1 atom stereocenters. The second kappa shape index (κ2) is 14.0. The Morgan fingerprint density at radius 3 is 2.43 bits per heavy atom. The first-order valence-corrected chi connectivity index (χ1v) is 10.0. The van der Waals surface area contributed by atoms with Gasteiger partial charge in [-0.2, -0.15) is 0 Å². The lowest BCUT2D eigenvalue weighted by Gasteiger charge is -2.25. The molecule has 0 saturated carbocycles. The van der Waals surface area contributed by atoms with Crippen LogP contribution in [-0.2, 0) is 17.9 Å². The molecular weight excluding hydrogens is 489 g/mol. The zero-order valence-electron chi connectivity index (χ0n) is 18.3. The van der Waals surface area contributed by atoms with Crippen LogP contribution in [0.4, 0.5) is 5.69 Å². The lowest BCUT2D eigenvalue weighted by atomic mass is 10.1. The van der Waals surface area contributed by atoms with Gasteiger partial charge in [-0.15, -0.1) is 24.0 Å². The van der Waals surface area contributed by atoms with Crippen molar-refractivity contribution in [2.45, 2.75) is 39.4 Å². The standard InChI is InChI=1S/C23H33N5O.HI/c1-18(28(4)17-20-9-6-5-7-10-20)13-14-25-23(24-3)26-16-21-11-8-12-22(15-21)27-19(2)29;/h5-12,15,18H,13-14,16-17H2,1-4H3,(H,27,29)(H2,24,25,26);1H. The first-order chi connectivity index (χ1) is 14.0. The minimum atomic E-state index is -0.0704. The van der Waals surface area contributed by atoms with Crippen molar-refractivity contribution in [2.24, 2.45) is 4.99 Å². The van der Waals surface area contributed by atoms with Crippen LogP contribution in [-0.4, -0.2) is 43.4 Å². The highest BCUT2D eigenvalue weighted by Crippen LogP contribution is 2.10. The van der Waals surface area contributed by atoms with Gasteiger partial charge >= 0.3 is 0 Å². The predicted molar refractivity (Wildman–Crippen MR) is 136 cm³/mol. The molecule has 1 amide bonds. The van der Waals surface area contributed by atoms with Crippen molar-refractivity contribution >= 4 is 41.5 Å². The van der Waals surface area contributed by atoms with Crippen molar-refractivity contribution in [1.29, 1.82) is 0 Å². The van der Waals surface area contributed by atoms with Gasteiger partial charge in [-0.05, 0) is 43.7 Å². The molecule has 0 radical (unpaired) electrons. The van der Waals surface area contributed by atoms with Crippen molar-refractivity contribution in [3.63, 3.8) is 0 Å². The number of rotatable bonds is 9. The van der Waals surface area contributed by atoms with Crippen LogP contribution >= 0.6 is 24.0 Å². The van der Waals surface area contributed by atoms with E-state index in [1.807, 2.05) is 30.3 Å². The molecule has 0 aromatic heterocycles. The van der Waals surface area contributed by atoms with Crippen LogP contribution in [0.5, 0.6) is 0 Å². The van der Waals surface area contributed by atoms with Crippen LogP contribution < -0.4 is 16.0 Å². The molecule has 0 aliphatic rings. The number of nitrogens with zero attached hydrogens (tertiary/aromatic N) is 2. The summed E-state index contributed by atoms with van der Waals surface area (Å²) >= 11 is 0. The SMILES string of the molecule is CN=C(NCCC(C)N(C)Cc1ccccc1)NCc1cccc(NC(C)=O)c1.I. The fourth-order valence-electron chi connectivity index (χ4n) is 3.02. The summed E-state index contributed by atoms with van der Waals surface area (Å²) in [5.41, 5.74) is 3.21. The average Bonchev–Trinajstić information content (AvgIpc) is 2.71. The molecule has 3 N–H and O–H groups in total. The molecule has 0 heterocycles. The molecule has 0 saturated heterocycles. The van der Waals surface area contributed by atoms with Crippen LogP contribution in [0.1, 0.15) is 31.4 Å². The van der Waals surface area contributed by atoms with E-state index in [-0.39, 0.29) is 29.9 Å². The zero-order chi connectivity index (χ0) is 21.1. The number of benzene rings is 2. The van der Waals surface area contributed by atoms with E-state index < -0.39 is 0 Å². The molecular formula is C23H34IN5O. The Morgan fingerprint density at radius 1 is 1.07 bits per heavy atom. The Bertz CT molecular complexity index is 797. The van der Waals surface area contributed by atoms with Crippen molar-refractivity contribution < 1.29 is 4.79 Å². The van der Waals surface area contributed by atoms with E-state index in [2.05, 4.69) is 64.1 Å². The summed E-state index contributed by atoms with van der Waals surface area (Å²) in [6.07, 6.45) is 1.02. The smallest absolute Gasteiger partial charge is 0.221 e. The molecule has 0 bridgehead atoms. The Labute approximate surface area is 197 Å². The molecule has 0 spiro atoms. The van der Waals surface area contributed by atoms with Crippen molar-refractivity contribution in [2.75, 3.05) is 26.0 Å². The maximum Gasteiger partial charge on any atom is 0.221 e. The van der Waals surface area contributed by atoms with E-state index >= 15 is 0 Å². The van der Waals surface area contributed by atoms with Crippen molar-refractivity contribution in [3.05, 3.63) is 65.7 Å². The second-order valence-electron chi connectivity index (χ2n) is 7.27. The molecule has 164 valence electrons. The van der Waals surface area contributed by atoms with Gasteiger partial charge in [-0.3, -0.25) is 14.7 Å². The lowest BCUT2D eigenvalue weighted by molar-refractivity contribution is -0.114. The summed E-state index contributed by atoms with van der Waals surface area (Å²) in [7, 11) is 3.93. The normalized spacial score (nSPS) is 12.1. The van der Waals surface area contributed by atoms with Crippen LogP contribution in [0.15, 0.2) is 59.6 Å². The third-order valence-electron chi connectivity index (χ3n) is 4.81. The van der Waals surface area contributed by atoms with Crippen LogP contribution in [0.2, 0.25) is 0 Å². The number of halogens is 1. The summed E-state index contributed by atoms with van der Waals surface area (Å²) in [5.74, 6) is 0.701. The lowest BCUT2D eigenvalue weighted by Crippen LogP contribution is -2.39. The van der Waals surface area contributed by atoms with E-state index in [0.717, 1.165) is 36.7 Å². The third kappa shape index (κ3) is 9.58. The Hall–Kier alpha value is -2.13. The summed E-state index contributed by atoms with van der Waals surface area (Å²) in [6.45, 7) is 6.17. The first kappa shape index (κ1) is 25.9. The number of carbonyl (C=O) groups excluding carboxylic acids is 1. The number of aliphatic imine (C=N–C) groups is 1. The van der Waals surface area contributed by atoms with Gasteiger partial charge < -0.3 is 16.0 Å². The molecule has 2 rings (SSSR count). The van der Waals surface area contributed by atoms with Crippen LogP contribution in [0.25, 0.3) is 0 Å². The number of guanidine groups is 1. The number of amides is 1. The molecule has 2 aromatic rings. The molecule has 30 heavy (non-hydrogen) atoms. The quantitative estimate of drug-likeness (QED) is 0.266. The summed E-state index contributed by atoms with van der Waals surface area (Å²) < 4.78 is 0. The Kier molecular flexibility index (Phi) is 12.1. The highest BCUT2D eigenvalue weighted by atomic mass is 127. The van der Waals surface area contributed by atoms with Crippen LogP contribution in [0.3, 0.4) is 0 Å². The first-order valence-electron chi connectivity index (χ1n) is 10.0. The van der Waals surface area contributed by atoms with Gasteiger partial charge in [-0.25, -0.2) is 0 Å².